The van der Waals surface area contributed by atoms with Crippen LogP contribution in [-0.2, 0) is 11.3 Å². The van der Waals surface area contributed by atoms with Gasteiger partial charge in [0.15, 0.2) is 11.6 Å². The summed E-state index contributed by atoms with van der Waals surface area (Å²) in [5, 5.41) is 9.19. The van der Waals surface area contributed by atoms with E-state index in [2.05, 4.69) is 25.9 Å². The summed E-state index contributed by atoms with van der Waals surface area (Å²) in [5.41, 5.74) is 1.19. The number of nitrogens with one attached hydrogen (secondary N) is 4. The van der Waals surface area contributed by atoms with Crippen molar-refractivity contribution >= 4 is 28.7 Å². The maximum absolute atomic E-state index is 15.2. The van der Waals surface area contributed by atoms with E-state index in [1.165, 1.54) is 25.3 Å². The summed E-state index contributed by atoms with van der Waals surface area (Å²) in [6, 6.07) is 3.34. The topological polar surface area (TPSA) is 102 Å². The maximum Gasteiger partial charge on any atom is 0.317 e. The molecule has 5 rings (SSSR count). The monoisotopic (exact) mass is 542 g/mol. The van der Waals surface area contributed by atoms with Crippen molar-refractivity contribution in [2.24, 2.45) is 5.92 Å². The van der Waals surface area contributed by atoms with Gasteiger partial charge in [0.05, 0.1) is 11.2 Å². The fourth-order valence-corrected chi connectivity index (χ4v) is 5.62. The van der Waals surface area contributed by atoms with Gasteiger partial charge >= 0.3 is 6.03 Å². The number of hydrogen-bond acceptors (Lipinski definition) is 4. The molecule has 2 atom stereocenters. The molecule has 0 spiro atoms. The number of anilines is 1. The zero-order chi connectivity index (χ0) is 27.5. The Morgan fingerprint density at radius 3 is 2.64 bits per heavy atom. The molecule has 0 radical (unpaired) electrons. The van der Waals surface area contributed by atoms with Crippen LogP contribution in [0.5, 0.6) is 0 Å². The van der Waals surface area contributed by atoms with Crippen molar-refractivity contribution in [1.29, 1.82) is 0 Å². The molecule has 8 nitrogen and oxygen atoms in total. The first-order valence-electron chi connectivity index (χ1n) is 13.5. The van der Waals surface area contributed by atoms with Crippen LogP contribution in [0.3, 0.4) is 0 Å². The highest BCUT2D eigenvalue weighted by molar-refractivity contribution is 5.96. The molecule has 3 aromatic rings. The van der Waals surface area contributed by atoms with Crippen LogP contribution in [0.2, 0.25) is 0 Å². The fourth-order valence-electron chi connectivity index (χ4n) is 5.62. The summed E-state index contributed by atoms with van der Waals surface area (Å²) in [5.74, 6) is -2.15. The molecular weight excluding hydrogens is 509 g/mol. The van der Waals surface area contributed by atoms with E-state index in [1.807, 2.05) is 4.90 Å². The van der Waals surface area contributed by atoms with Gasteiger partial charge in [0.2, 0.25) is 5.91 Å². The highest BCUT2D eigenvalue weighted by Gasteiger charge is 2.27. The van der Waals surface area contributed by atoms with E-state index in [4.69, 9.17) is 0 Å². The first kappa shape index (κ1) is 26.8. The van der Waals surface area contributed by atoms with Crippen molar-refractivity contribution in [1.82, 2.24) is 25.5 Å². The number of pyridine rings is 1. The minimum absolute atomic E-state index is 0.000356. The van der Waals surface area contributed by atoms with E-state index in [1.54, 1.807) is 0 Å². The van der Waals surface area contributed by atoms with E-state index < -0.39 is 17.5 Å². The molecule has 1 aliphatic carbocycles. The van der Waals surface area contributed by atoms with Gasteiger partial charge in [-0.2, -0.15) is 0 Å². The van der Waals surface area contributed by atoms with Gasteiger partial charge in [0, 0.05) is 67.9 Å². The SMILES string of the molecule is CC(=O)NCc1cc(F)c(NCC2CCC[C@@H](NC(=O)N3CCCC3)C2)nc1-c1c[nH]c2c(F)cc(F)cc12. The van der Waals surface area contributed by atoms with E-state index >= 15 is 4.39 Å². The molecule has 1 aromatic carbocycles. The van der Waals surface area contributed by atoms with Crippen molar-refractivity contribution in [2.75, 3.05) is 25.0 Å². The fraction of sp³-hybridized carbons (Fsp3) is 0.464. The Labute approximate surface area is 224 Å². The number of halogens is 3. The van der Waals surface area contributed by atoms with Gasteiger partial charge in [0.1, 0.15) is 11.6 Å². The third-order valence-electron chi connectivity index (χ3n) is 7.61. The minimum atomic E-state index is -0.746. The lowest BCUT2D eigenvalue weighted by atomic mass is 9.85. The summed E-state index contributed by atoms with van der Waals surface area (Å²) in [6.07, 6.45) is 7.18. The average molecular weight is 543 g/mol. The predicted octanol–water partition coefficient (Wildman–Crippen LogP) is 5.06. The summed E-state index contributed by atoms with van der Waals surface area (Å²) in [7, 11) is 0. The number of carbonyl (C=O) groups excluding carboxylic acids is 2. The molecule has 1 saturated heterocycles. The first-order valence-corrected chi connectivity index (χ1v) is 13.5. The lowest BCUT2D eigenvalue weighted by Crippen LogP contribution is -2.45. The molecule has 2 fully saturated rings. The zero-order valence-electron chi connectivity index (χ0n) is 21.9. The number of hydrogen-bond donors (Lipinski definition) is 4. The number of rotatable bonds is 7. The lowest BCUT2D eigenvalue weighted by Gasteiger charge is -2.31. The normalized spacial score (nSPS) is 19.3. The van der Waals surface area contributed by atoms with Gasteiger partial charge in [-0.3, -0.25) is 4.79 Å². The quantitative estimate of drug-likeness (QED) is 0.335. The molecule has 3 heterocycles. The maximum atomic E-state index is 15.2. The number of aromatic amines is 1. The number of amides is 3. The number of carbonyl (C=O) groups is 2. The van der Waals surface area contributed by atoms with Gasteiger partial charge in [-0.05, 0) is 50.2 Å². The molecule has 1 aliphatic heterocycles. The number of urea groups is 1. The van der Waals surface area contributed by atoms with Crippen LogP contribution in [-0.4, -0.2) is 52.5 Å². The Bertz CT molecular complexity index is 1370. The molecule has 2 aliphatic rings. The summed E-state index contributed by atoms with van der Waals surface area (Å²) < 4.78 is 43.6. The van der Waals surface area contributed by atoms with E-state index in [0.717, 1.165) is 57.7 Å². The van der Waals surface area contributed by atoms with Gasteiger partial charge in [-0.1, -0.05) is 6.42 Å². The van der Waals surface area contributed by atoms with Gasteiger partial charge in [0.25, 0.3) is 0 Å². The smallest absolute Gasteiger partial charge is 0.317 e. The minimum Gasteiger partial charge on any atom is -0.367 e. The Balaban J connectivity index is 1.35. The van der Waals surface area contributed by atoms with Crippen LogP contribution in [0.4, 0.5) is 23.8 Å². The molecule has 3 amide bonds. The van der Waals surface area contributed by atoms with E-state index in [9.17, 15) is 18.4 Å². The van der Waals surface area contributed by atoms with Crippen molar-refractivity contribution in [3.63, 3.8) is 0 Å². The van der Waals surface area contributed by atoms with E-state index in [0.29, 0.717) is 23.4 Å². The van der Waals surface area contributed by atoms with Crippen LogP contribution in [0.1, 0.15) is 51.0 Å². The Morgan fingerprint density at radius 1 is 1.08 bits per heavy atom. The standard InChI is InChI=1S/C28H33F3N6O2/c1-16(38)32-14-18-10-24(31)27(36-25(18)22-15-33-26-21(22)11-19(29)12-23(26)30)34-13-17-5-4-6-20(9-17)35-28(39)37-7-2-3-8-37/h10-12,15,17,20,33H,2-9,13-14H2,1H3,(H,32,38)(H,34,36)(H,35,39)/t17?,20-/m1/s1. The second-order valence-electron chi connectivity index (χ2n) is 10.5. The summed E-state index contributed by atoms with van der Waals surface area (Å²) >= 11 is 0. The summed E-state index contributed by atoms with van der Waals surface area (Å²) in [4.78, 5) is 33.3. The number of fused-ring (bicyclic) bond motifs is 1. The number of aromatic nitrogens is 2. The van der Waals surface area contributed by atoms with Crippen molar-refractivity contribution in [3.8, 4) is 11.3 Å². The second kappa shape index (κ2) is 11.5. The predicted molar refractivity (Wildman–Crippen MR) is 142 cm³/mol. The Morgan fingerprint density at radius 2 is 1.87 bits per heavy atom. The number of nitrogens with zero attached hydrogens (tertiary/aromatic N) is 2. The highest BCUT2D eigenvalue weighted by atomic mass is 19.1. The van der Waals surface area contributed by atoms with Crippen molar-refractivity contribution < 1.29 is 22.8 Å². The van der Waals surface area contributed by atoms with Crippen LogP contribution >= 0.6 is 0 Å². The van der Waals surface area contributed by atoms with Crippen molar-refractivity contribution in [2.45, 2.75) is 58.0 Å². The number of H-pyrrole nitrogens is 1. The molecule has 4 N–H and O–H groups in total. The van der Waals surface area contributed by atoms with Gasteiger partial charge < -0.3 is 25.8 Å². The molecule has 208 valence electrons. The largest absolute Gasteiger partial charge is 0.367 e. The summed E-state index contributed by atoms with van der Waals surface area (Å²) in [6.45, 7) is 3.40. The van der Waals surface area contributed by atoms with Crippen LogP contribution in [0.25, 0.3) is 22.2 Å². The zero-order valence-corrected chi connectivity index (χ0v) is 21.9. The average Bonchev–Trinajstić information content (AvgIpc) is 3.58. The molecular formula is C28H33F3N6O2. The molecule has 1 saturated carbocycles. The van der Waals surface area contributed by atoms with Gasteiger partial charge in [-0.15, -0.1) is 0 Å². The second-order valence-corrected chi connectivity index (χ2v) is 10.5. The molecule has 1 unspecified atom stereocenters. The third kappa shape index (κ3) is 6.12. The Hall–Kier alpha value is -3.76. The highest BCUT2D eigenvalue weighted by Crippen LogP contribution is 2.34. The Kier molecular flexibility index (Phi) is 7.94. The molecule has 0 bridgehead atoms. The first-order chi connectivity index (χ1) is 18.8. The molecule has 11 heteroatoms. The van der Waals surface area contributed by atoms with Gasteiger partial charge in [-0.25, -0.2) is 22.9 Å². The third-order valence-corrected chi connectivity index (χ3v) is 7.61. The van der Waals surface area contributed by atoms with Crippen LogP contribution < -0.4 is 16.0 Å². The molecule has 2 aromatic heterocycles. The number of likely N-dealkylation sites (tertiary alicyclic amines) is 1. The van der Waals surface area contributed by atoms with Crippen molar-refractivity contribution in [3.05, 3.63) is 47.4 Å². The van der Waals surface area contributed by atoms with Crippen LogP contribution in [0, 0.1) is 23.4 Å². The molecule has 39 heavy (non-hydrogen) atoms. The lowest BCUT2D eigenvalue weighted by molar-refractivity contribution is -0.119. The van der Waals surface area contributed by atoms with E-state index in [-0.39, 0.29) is 47.2 Å². The number of benzene rings is 1. The van der Waals surface area contributed by atoms with Crippen LogP contribution in [0.15, 0.2) is 24.4 Å².